The molecule has 2 N–H and O–H groups in total. The number of thiophene rings is 1. The lowest BCUT2D eigenvalue weighted by molar-refractivity contribution is 0.0512. The van der Waals surface area contributed by atoms with Gasteiger partial charge in [-0.1, -0.05) is 12.8 Å². The van der Waals surface area contributed by atoms with E-state index < -0.39 is 11.9 Å². The van der Waals surface area contributed by atoms with E-state index in [0.29, 0.717) is 16.3 Å². The molecule has 1 aromatic carbocycles. The molecule has 36 heavy (non-hydrogen) atoms. The Hall–Kier alpha value is -2.98. The molecule has 194 valence electrons. The molecule has 0 saturated heterocycles. The van der Waals surface area contributed by atoms with Gasteiger partial charge in [0.2, 0.25) is 0 Å². The molecule has 1 aromatic heterocycles. The summed E-state index contributed by atoms with van der Waals surface area (Å²) in [5.41, 5.74) is 2.37. The van der Waals surface area contributed by atoms with Gasteiger partial charge in [0.25, 0.3) is 0 Å². The first-order valence-corrected chi connectivity index (χ1v) is 13.5. The molecule has 2 aromatic rings. The summed E-state index contributed by atoms with van der Waals surface area (Å²) in [5.74, 6) is -1.49. The Labute approximate surface area is 220 Å². The number of thiocarbonyl (C=S) groups is 1. The number of esters is 3. The third kappa shape index (κ3) is 7.04. The molecule has 0 fully saturated rings. The van der Waals surface area contributed by atoms with Crippen LogP contribution in [0.15, 0.2) is 18.2 Å². The van der Waals surface area contributed by atoms with Crippen molar-refractivity contribution in [3.8, 4) is 0 Å². The molecular formula is C26H32N2O6S2. The number of carbonyl (C=O) groups excluding carboxylic acids is 3. The zero-order valence-corrected chi connectivity index (χ0v) is 22.5. The molecular weight excluding hydrogens is 500 g/mol. The number of nitrogens with one attached hydrogen (secondary N) is 2. The van der Waals surface area contributed by atoms with Crippen LogP contribution in [0.25, 0.3) is 0 Å². The topological polar surface area (TPSA) is 103 Å². The zero-order chi connectivity index (χ0) is 26.1. The van der Waals surface area contributed by atoms with Crippen molar-refractivity contribution in [1.29, 1.82) is 0 Å². The van der Waals surface area contributed by atoms with Gasteiger partial charge >= 0.3 is 17.9 Å². The van der Waals surface area contributed by atoms with E-state index in [1.54, 1.807) is 32.9 Å². The van der Waals surface area contributed by atoms with Crippen molar-refractivity contribution in [2.24, 2.45) is 0 Å². The SMILES string of the molecule is CCOC(=O)c1cc(NC(=S)Nc2sc3c(c2C(=O)OCC)CCCCCC3)cc(C(=O)OCC)c1. The molecule has 1 aliphatic rings. The van der Waals surface area contributed by atoms with E-state index in [9.17, 15) is 14.4 Å². The van der Waals surface area contributed by atoms with Gasteiger partial charge in [0.05, 0.1) is 36.5 Å². The van der Waals surface area contributed by atoms with Gasteiger partial charge in [0.15, 0.2) is 5.11 Å². The van der Waals surface area contributed by atoms with Crippen LogP contribution in [0.5, 0.6) is 0 Å². The molecule has 3 rings (SSSR count). The highest BCUT2D eigenvalue weighted by atomic mass is 32.1. The second-order valence-corrected chi connectivity index (χ2v) is 9.68. The van der Waals surface area contributed by atoms with Crippen molar-refractivity contribution in [3.63, 3.8) is 0 Å². The monoisotopic (exact) mass is 532 g/mol. The van der Waals surface area contributed by atoms with E-state index in [0.717, 1.165) is 37.7 Å². The molecule has 10 heteroatoms. The molecule has 8 nitrogen and oxygen atoms in total. The first-order chi connectivity index (χ1) is 17.4. The fourth-order valence-corrected chi connectivity index (χ4v) is 5.62. The second-order valence-electron chi connectivity index (χ2n) is 8.16. The highest BCUT2D eigenvalue weighted by Gasteiger charge is 2.26. The van der Waals surface area contributed by atoms with Crippen LogP contribution in [0.4, 0.5) is 10.7 Å². The van der Waals surface area contributed by atoms with Gasteiger partial charge in [0, 0.05) is 10.6 Å². The van der Waals surface area contributed by atoms with Gasteiger partial charge in [-0.2, -0.15) is 0 Å². The number of aryl methyl sites for hydroxylation is 1. The number of anilines is 2. The summed E-state index contributed by atoms with van der Waals surface area (Å²) >= 11 is 7.06. The Bertz CT molecular complexity index is 1090. The molecule has 0 bridgehead atoms. The minimum Gasteiger partial charge on any atom is -0.462 e. The van der Waals surface area contributed by atoms with Crippen LogP contribution < -0.4 is 10.6 Å². The van der Waals surface area contributed by atoms with Gasteiger partial charge in [-0.3, -0.25) is 0 Å². The molecule has 0 amide bonds. The summed E-state index contributed by atoms with van der Waals surface area (Å²) < 4.78 is 15.5. The number of benzene rings is 1. The normalized spacial score (nSPS) is 13.0. The lowest BCUT2D eigenvalue weighted by Crippen LogP contribution is -2.21. The maximum atomic E-state index is 12.9. The largest absolute Gasteiger partial charge is 0.462 e. The standard InChI is InChI=1S/C26H32N2O6S2/c1-4-32-23(29)16-13-17(24(30)33-5-2)15-18(14-16)27-26(35)28-22-21(25(31)34-6-3)19-11-9-7-8-10-12-20(19)36-22/h13-15H,4-12H2,1-3H3,(H2,27,28,35). The first kappa shape index (κ1) is 27.6. The first-order valence-electron chi connectivity index (χ1n) is 12.3. The van der Waals surface area contributed by atoms with Crippen LogP contribution in [-0.2, 0) is 27.1 Å². The van der Waals surface area contributed by atoms with E-state index in [1.165, 1.54) is 28.7 Å². The fourth-order valence-electron chi connectivity index (χ4n) is 4.06. The molecule has 0 saturated carbocycles. The van der Waals surface area contributed by atoms with Crippen molar-refractivity contribution in [2.75, 3.05) is 30.5 Å². The number of hydrogen-bond acceptors (Lipinski definition) is 8. The number of hydrogen-bond donors (Lipinski definition) is 2. The Morgan fingerprint density at radius 2 is 1.36 bits per heavy atom. The fraction of sp³-hybridized carbons (Fsp3) is 0.462. The van der Waals surface area contributed by atoms with Crippen LogP contribution >= 0.6 is 23.6 Å². The quantitative estimate of drug-likeness (QED) is 0.250. The average Bonchev–Trinajstić information content (AvgIpc) is 3.14. The highest BCUT2D eigenvalue weighted by Crippen LogP contribution is 2.37. The van der Waals surface area contributed by atoms with Crippen LogP contribution in [-0.4, -0.2) is 42.8 Å². The van der Waals surface area contributed by atoms with Crippen LogP contribution in [0, 0.1) is 0 Å². The average molecular weight is 533 g/mol. The molecule has 0 radical (unpaired) electrons. The minimum atomic E-state index is -0.562. The summed E-state index contributed by atoms with van der Waals surface area (Å²) in [6.07, 6.45) is 6.16. The molecule has 0 spiro atoms. The van der Waals surface area contributed by atoms with Crippen LogP contribution in [0.3, 0.4) is 0 Å². The van der Waals surface area contributed by atoms with E-state index in [4.69, 9.17) is 26.4 Å². The van der Waals surface area contributed by atoms with Gasteiger partial charge in [-0.15, -0.1) is 11.3 Å². The van der Waals surface area contributed by atoms with Gasteiger partial charge in [-0.25, -0.2) is 14.4 Å². The zero-order valence-electron chi connectivity index (χ0n) is 20.9. The van der Waals surface area contributed by atoms with E-state index in [1.807, 2.05) is 0 Å². The Morgan fingerprint density at radius 1 is 0.806 bits per heavy atom. The predicted molar refractivity (Wildman–Crippen MR) is 144 cm³/mol. The molecule has 0 aliphatic heterocycles. The molecule has 0 atom stereocenters. The maximum Gasteiger partial charge on any atom is 0.341 e. The van der Waals surface area contributed by atoms with Crippen molar-refractivity contribution in [3.05, 3.63) is 45.3 Å². The van der Waals surface area contributed by atoms with E-state index >= 15 is 0 Å². The third-order valence-electron chi connectivity index (χ3n) is 5.59. The number of rotatable bonds is 8. The molecule has 1 heterocycles. The Kier molecular flexibility index (Phi) is 10.2. The smallest absolute Gasteiger partial charge is 0.341 e. The Balaban J connectivity index is 1.89. The van der Waals surface area contributed by atoms with E-state index in [2.05, 4.69) is 10.6 Å². The summed E-state index contributed by atoms with van der Waals surface area (Å²) in [7, 11) is 0. The maximum absolute atomic E-state index is 12.9. The highest BCUT2D eigenvalue weighted by molar-refractivity contribution is 7.80. The van der Waals surface area contributed by atoms with Gasteiger partial charge in [0.1, 0.15) is 5.00 Å². The summed E-state index contributed by atoms with van der Waals surface area (Å²) in [5, 5.41) is 7.02. The predicted octanol–water partition coefficient (Wildman–Crippen LogP) is 5.75. The summed E-state index contributed by atoms with van der Waals surface area (Å²) in [6.45, 7) is 5.87. The minimum absolute atomic E-state index is 0.194. The van der Waals surface area contributed by atoms with Crippen LogP contribution in [0.2, 0.25) is 0 Å². The van der Waals surface area contributed by atoms with Crippen molar-refractivity contribution >= 4 is 57.3 Å². The van der Waals surface area contributed by atoms with Crippen molar-refractivity contribution in [2.45, 2.75) is 59.3 Å². The Morgan fingerprint density at radius 3 is 1.94 bits per heavy atom. The molecule has 0 unspecified atom stereocenters. The molecule has 1 aliphatic carbocycles. The van der Waals surface area contributed by atoms with Crippen molar-refractivity contribution in [1.82, 2.24) is 0 Å². The third-order valence-corrected chi connectivity index (χ3v) is 7.00. The lowest BCUT2D eigenvalue weighted by atomic mass is 9.96. The second kappa shape index (κ2) is 13.4. The summed E-state index contributed by atoms with van der Waals surface area (Å²) in [4.78, 5) is 38.8. The number of fused-ring (bicyclic) bond motifs is 1. The van der Waals surface area contributed by atoms with E-state index in [-0.39, 0.29) is 42.0 Å². The number of ether oxygens (including phenoxy) is 3. The van der Waals surface area contributed by atoms with Crippen molar-refractivity contribution < 1.29 is 28.6 Å². The van der Waals surface area contributed by atoms with Gasteiger partial charge < -0.3 is 24.8 Å². The van der Waals surface area contributed by atoms with Crippen LogP contribution in [0.1, 0.15) is 88.0 Å². The van der Waals surface area contributed by atoms with Gasteiger partial charge in [-0.05, 0) is 82.4 Å². The lowest BCUT2D eigenvalue weighted by Gasteiger charge is -2.14. The summed E-state index contributed by atoms with van der Waals surface area (Å²) in [6, 6.07) is 4.53. The number of carbonyl (C=O) groups is 3.